The summed E-state index contributed by atoms with van der Waals surface area (Å²) < 4.78 is 6.00. The van der Waals surface area contributed by atoms with Crippen LogP contribution in [-0.2, 0) is 6.16 Å². The maximum Gasteiger partial charge on any atom is 0.227 e. The molecule has 0 aliphatic heterocycles. The zero-order chi connectivity index (χ0) is 23.5. The second-order valence-electron chi connectivity index (χ2n) is 8.66. The van der Waals surface area contributed by atoms with E-state index in [1.54, 1.807) is 0 Å². The molecule has 2 nitrogen and oxygen atoms in total. The van der Waals surface area contributed by atoms with Gasteiger partial charge in [0.25, 0.3) is 0 Å². The molecule has 0 amide bonds. The number of fused-ring (bicyclic) bond motifs is 1. The molecule has 0 atom stereocenters. The highest BCUT2D eigenvalue weighted by atomic mass is 79.9. The van der Waals surface area contributed by atoms with Gasteiger partial charge in [-0.15, -0.1) is 0 Å². The molecule has 0 unspecified atom stereocenters. The predicted molar refractivity (Wildman–Crippen MR) is 148 cm³/mol. The standard InChI is InChI=1S/C32H25NOP.BrH/c1-4-12-27(13-5-1)35(28-14-6-2-7-15-28,29-16-8-3-9-17-29)24-25-20-22-26(23-21-25)32-33-30-18-10-11-19-31(30)34-32;/h1-23H,24H2;1H/q+1;/p-1. The second kappa shape index (κ2) is 10.6. The van der Waals surface area contributed by atoms with E-state index in [1.807, 2.05) is 24.3 Å². The average Bonchev–Trinajstić information content (AvgIpc) is 3.38. The van der Waals surface area contributed by atoms with Crippen LogP contribution in [0.15, 0.2) is 144 Å². The van der Waals surface area contributed by atoms with Crippen molar-refractivity contribution in [2.45, 2.75) is 6.16 Å². The highest BCUT2D eigenvalue weighted by Crippen LogP contribution is 2.58. The summed E-state index contributed by atoms with van der Waals surface area (Å²) in [6, 6.07) is 49.6. The van der Waals surface area contributed by atoms with Crippen LogP contribution in [0.25, 0.3) is 22.6 Å². The van der Waals surface area contributed by atoms with Crippen molar-refractivity contribution in [2.75, 3.05) is 0 Å². The minimum absolute atomic E-state index is 0. The van der Waals surface area contributed by atoms with Gasteiger partial charge in [-0.05, 0) is 66.2 Å². The Kier molecular flexibility index (Phi) is 7.13. The number of halogens is 1. The summed E-state index contributed by atoms with van der Waals surface area (Å²) in [5.41, 5.74) is 3.99. The Balaban J connectivity index is 0.00000267. The predicted octanol–water partition coefficient (Wildman–Crippen LogP) is 3.99. The minimum atomic E-state index is -1.92. The quantitative estimate of drug-likeness (QED) is 0.293. The molecule has 1 aromatic heterocycles. The topological polar surface area (TPSA) is 26.0 Å². The number of aromatic nitrogens is 1. The number of nitrogens with zero attached hydrogens (tertiary/aromatic N) is 1. The first-order chi connectivity index (χ1) is 17.3. The van der Waals surface area contributed by atoms with Gasteiger partial charge in [0.2, 0.25) is 5.89 Å². The van der Waals surface area contributed by atoms with Crippen molar-refractivity contribution in [2.24, 2.45) is 0 Å². The molecule has 0 aliphatic rings. The summed E-state index contributed by atoms with van der Waals surface area (Å²) >= 11 is 0. The lowest BCUT2D eigenvalue weighted by Gasteiger charge is -2.27. The molecule has 0 spiro atoms. The number of para-hydroxylation sites is 2. The lowest BCUT2D eigenvalue weighted by atomic mass is 10.1. The van der Waals surface area contributed by atoms with Crippen LogP contribution in [0.1, 0.15) is 5.56 Å². The normalized spacial score (nSPS) is 11.2. The number of hydrogen-bond acceptors (Lipinski definition) is 2. The van der Waals surface area contributed by atoms with Crippen LogP contribution in [0.2, 0.25) is 0 Å². The Morgan fingerprint density at radius 3 is 1.50 bits per heavy atom. The number of benzene rings is 5. The summed E-state index contributed by atoms with van der Waals surface area (Å²) in [5.74, 6) is 0.660. The van der Waals surface area contributed by atoms with Crippen LogP contribution < -0.4 is 32.9 Å². The van der Waals surface area contributed by atoms with Gasteiger partial charge in [-0.1, -0.05) is 78.9 Å². The molecule has 0 radical (unpaired) electrons. The number of hydrogen-bond donors (Lipinski definition) is 0. The van der Waals surface area contributed by atoms with E-state index >= 15 is 0 Å². The molecule has 1 heterocycles. The fourth-order valence-corrected chi connectivity index (χ4v) is 9.03. The first kappa shape index (κ1) is 24.2. The van der Waals surface area contributed by atoms with Crippen molar-refractivity contribution in [3.05, 3.63) is 145 Å². The van der Waals surface area contributed by atoms with Crippen LogP contribution in [0.4, 0.5) is 0 Å². The molecule has 0 saturated carbocycles. The van der Waals surface area contributed by atoms with Crippen LogP contribution in [0.5, 0.6) is 0 Å². The molecule has 4 heteroatoms. The van der Waals surface area contributed by atoms with Crippen molar-refractivity contribution in [1.82, 2.24) is 4.98 Å². The highest BCUT2D eigenvalue weighted by Gasteiger charge is 2.45. The summed E-state index contributed by atoms with van der Waals surface area (Å²) in [7, 11) is -1.92. The second-order valence-corrected chi connectivity index (χ2v) is 12.1. The van der Waals surface area contributed by atoms with E-state index in [4.69, 9.17) is 4.42 Å². The van der Waals surface area contributed by atoms with Gasteiger partial charge >= 0.3 is 0 Å². The number of oxazole rings is 1. The molecule has 0 fully saturated rings. The molecule has 36 heavy (non-hydrogen) atoms. The lowest BCUT2D eigenvalue weighted by molar-refractivity contribution is -0.00000732. The first-order valence-electron chi connectivity index (χ1n) is 11.8. The highest BCUT2D eigenvalue weighted by molar-refractivity contribution is 7.95. The molecule has 176 valence electrons. The van der Waals surface area contributed by atoms with Crippen LogP contribution in [0.3, 0.4) is 0 Å². The molecule has 0 aliphatic carbocycles. The van der Waals surface area contributed by atoms with Gasteiger partial charge in [-0.2, -0.15) is 0 Å². The fourth-order valence-electron chi connectivity index (χ4n) is 4.79. The largest absolute Gasteiger partial charge is 1.00 e. The zero-order valence-electron chi connectivity index (χ0n) is 19.7. The first-order valence-corrected chi connectivity index (χ1v) is 13.8. The van der Waals surface area contributed by atoms with E-state index in [0.717, 1.165) is 22.8 Å². The third-order valence-electron chi connectivity index (χ3n) is 6.51. The third kappa shape index (κ3) is 4.53. The lowest BCUT2D eigenvalue weighted by Crippen LogP contribution is -3.00. The SMILES string of the molecule is [Br-].c1ccc([P+](Cc2ccc(-c3nc4ccccc4o3)cc2)(c2ccccc2)c2ccccc2)cc1. The summed E-state index contributed by atoms with van der Waals surface area (Å²) in [4.78, 5) is 4.67. The van der Waals surface area contributed by atoms with E-state index < -0.39 is 7.26 Å². The molecule has 6 aromatic rings. The van der Waals surface area contributed by atoms with Crippen molar-refractivity contribution >= 4 is 34.3 Å². The smallest absolute Gasteiger partial charge is 0.227 e. The maximum atomic E-state index is 6.00. The Hall–Kier alpha value is -3.52. The zero-order valence-corrected chi connectivity index (χ0v) is 22.1. The van der Waals surface area contributed by atoms with Crippen LogP contribution >= 0.6 is 7.26 Å². The molecule has 6 rings (SSSR count). The monoisotopic (exact) mass is 549 g/mol. The molecule has 0 N–H and O–H groups in total. The Bertz CT molecular complexity index is 1420. The minimum Gasteiger partial charge on any atom is -1.00 e. The van der Waals surface area contributed by atoms with Gasteiger partial charge in [0.1, 0.15) is 28.7 Å². The van der Waals surface area contributed by atoms with Crippen LogP contribution in [0, 0.1) is 0 Å². The van der Waals surface area contributed by atoms with Crippen LogP contribution in [-0.4, -0.2) is 4.98 Å². The average molecular weight is 550 g/mol. The third-order valence-corrected chi connectivity index (χ3v) is 10.9. The number of rotatable bonds is 6. The summed E-state index contributed by atoms with van der Waals surface area (Å²) in [5, 5.41) is 4.17. The van der Waals surface area contributed by atoms with Gasteiger partial charge in [0.15, 0.2) is 5.58 Å². The Morgan fingerprint density at radius 2 is 1.00 bits per heavy atom. The van der Waals surface area contributed by atoms with Crippen molar-refractivity contribution in [3.8, 4) is 11.5 Å². The molecule has 0 saturated heterocycles. The van der Waals surface area contributed by atoms with Crippen molar-refractivity contribution < 1.29 is 21.4 Å². The van der Waals surface area contributed by atoms with E-state index in [1.165, 1.54) is 21.5 Å². The van der Waals surface area contributed by atoms with E-state index in [9.17, 15) is 0 Å². The maximum absolute atomic E-state index is 6.00. The van der Waals surface area contributed by atoms with E-state index in [0.29, 0.717) is 5.89 Å². The van der Waals surface area contributed by atoms with Crippen molar-refractivity contribution in [1.29, 1.82) is 0 Å². The Morgan fingerprint density at radius 1 is 0.528 bits per heavy atom. The molecular weight excluding hydrogens is 525 g/mol. The van der Waals surface area contributed by atoms with Gasteiger partial charge in [0.05, 0.1) is 6.16 Å². The van der Waals surface area contributed by atoms with E-state index in [-0.39, 0.29) is 17.0 Å². The van der Waals surface area contributed by atoms with Gasteiger partial charge in [-0.25, -0.2) is 4.98 Å². The Labute approximate surface area is 222 Å². The molecule has 5 aromatic carbocycles. The van der Waals surface area contributed by atoms with Gasteiger partial charge < -0.3 is 21.4 Å². The summed E-state index contributed by atoms with van der Waals surface area (Å²) in [6.45, 7) is 0. The van der Waals surface area contributed by atoms with Crippen molar-refractivity contribution in [3.63, 3.8) is 0 Å². The fraction of sp³-hybridized carbons (Fsp3) is 0.0312. The van der Waals surface area contributed by atoms with Gasteiger partial charge in [-0.3, -0.25) is 0 Å². The van der Waals surface area contributed by atoms with E-state index in [2.05, 4.69) is 120 Å². The van der Waals surface area contributed by atoms with Gasteiger partial charge in [0, 0.05) is 5.56 Å². The molecule has 0 bridgehead atoms. The summed E-state index contributed by atoms with van der Waals surface area (Å²) in [6.07, 6.45) is 0.943. The molecular formula is C32H25BrNOP.